The van der Waals surface area contributed by atoms with Gasteiger partial charge in [-0.2, -0.15) is 4.98 Å². The zero-order chi connectivity index (χ0) is 15.5. The van der Waals surface area contributed by atoms with E-state index in [1.54, 1.807) is 13.1 Å². The average Bonchev–Trinajstić information content (AvgIpc) is 3.18. The highest BCUT2D eigenvalue weighted by Crippen LogP contribution is 2.24. The molecule has 1 aliphatic heterocycles. The van der Waals surface area contributed by atoms with Crippen molar-refractivity contribution in [3.63, 3.8) is 0 Å². The third-order valence-corrected chi connectivity index (χ3v) is 3.59. The summed E-state index contributed by atoms with van der Waals surface area (Å²) in [7, 11) is 0. The summed E-state index contributed by atoms with van der Waals surface area (Å²) < 4.78 is 5.13. The summed E-state index contributed by atoms with van der Waals surface area (Å²) in [6.45, 7) is 3.66. The fraction of sp³-hybridized carbons (Fsp3) is 0.429. The number of hydrogen-bond acceptors (Lipinski definition) is 6. The summed E-state index contributed by atoms with van der Waals surface area (Å²) in [6, 6.07) is 3.18. The fourth-order valence-corrected chi connectivity index (χ4v) is 2.45. The predicted molar refractivity (Wildman–Crippen MR) is 78.6 cm³/mol. The molecule has 8 heteroatoms. The molecule has 1 aliphatic rings. The quantitative estimate of drug-likeness (QED) is 0.890. The van der Waals surface area contributed by atoms with Crippen LogP contribution in [-0.4, -0.2) is 39.4 Å². The molecule has 0 saturated carbocycles. The molecule has 2 aromatic heterocycles. The van der Waals surface area contributed by atoms with Crippen LogP contribution >= 0.6 is 0 Å². The molecular weight excluding hydrogens is 286 g/mol. The van der Waals surface area contributed by atoms with Gasteiger partial charge in [0.25, 0.3) is 0 Å². The lowest BCUT2D eigenvalue weighted by Gasteiger charge is -2.16. The molecule has 2 aromatic rings. The van der Waals surface area contributed by atoms with E-state index in [0.29, 0.717) is 5.82 Å². The zero-order valence-electron chi connectivity index (χ0n) is 12.2. The Balaban J connectivity index is 1.81. The lowest BCUT2D eigenvalue weighted by atomic mass is 10.2. The second kappa shape index (κ2) is 6.00. The molecule has 0 aromatic carbocycles. The smallest absolute Gasteiger partial charge is 0.405 e. The molecule has 0 bridgehead atoms. The van der Waals surface area contributed by atoms with E-state index in [4.69, 9.17) is 9.63 Å². The second-order valence-electron chi connectivity index (χ2n) is 5.22. The monoisotopic (exact) mass is 303 g/mol. The van der Waals surface area contributed by atoms with Gasteiger partial charge in [-0.1, -0.05) is 5.16 Å². The lowest BCUT2D eigenvalue weighted by Crippen LogP contribution is -2.24. The van der Waals surface area contributed by atoms with Crippen molar-refractivity contribution in [3.8, 4) is 11.4 Å². The fourth-order valence-electron chi connectivity index (χ4n) is 2.45. The van der Waals surface area contributed by atoms with Crippen molar-refractivity contribution in [2.24, 2.45) is 0 Å². The topological polar surface area (TPSA) is 104 Å². The Hall–Kier alpha value is -2.64. The summed E-state index contributed by atoms with van der Waals surface area (Å²) in [6.07, 6.45) is 2.94. The summed E-state index contributed by atoms with van der Waals surface area (Å²) in [5.41, 5.74) is 0.800. The van der Waals surface area contributed by atoms with Gasteiger partial charge in [0.15, 0.2) is 0 Å². The molecule has 0 radical (unpaired) electrons. The third-order valence-electron chi connectivity index (χ3n) is 3.59. The van der Waals surface area contributed by atoms with Crippen LogP contribution in [0.15, 0.2) is 22.9 Å². The van der Waals surface area contributed by atoms with Crippen LogP contribution in [0.4, 0.5) is 10.6 Å². The van der Waals surface area contributed by atoms with Gasteiger partial charge < -0.3 is 19.8 Å². The Labute approximate surface area is 127 Å². The van der Waals surface area contributed by atoms with Crippen molar-refractivity contribution in [3.05, 3.63) is 24.2 Å². The van der Waals surface area contributed by atoms with E-state index in [1.165, 1.54) is 12.8 Å². The number of nitrogens with one attached hydrogen (secondary N) is 1. The Morgan fingerprint density at radius 3 is 2.95 bits per heavy atom. The van der Waals surface area contributed by atoms with E-state index in [1.807, 2.05) is 12.1 Å². The van der Waals surface area contributed by atoms with Crippen LogP contribution < -0.4 is 10.2 Å². The Kier molecular flexibility index (Phi) is 3.90. The SMILES string of the molecule is CC(NC(=O)O)c1nc(-c2ccnc(N3CCCC3)c2)no1. The maximum atomic E-state index is 10.6. The number of nitrogens with zero attached hydrogens (tertiary/aromatic N) is 4. The minimum absolute atomic E-state index is 0.233. The number of carboxylic acid groups (broad SMARTS) is 1. The molecule has 1 amide bonds. The van der Waals surface area contributed by atoms with Gasteiger partial charge in [-0.25, -0.2) is 9.78 Å². The first-order chi connectivity index (χ1) is 10.6. The molecule has 1 unspecified atom stereocenters. The summed E-state index contributed by atoms with van der Waals surface area (Å²) in [5, 5.41) is 14.9. The summed E-state index contributed by atoms with van der Waals surface area (Å²) in [4.78, 5) is 21.5. The van der Waals surface area contributed by atoms with Crippen molar-refractivity contribution < 1.29 is 14.4 Å². The van der Waals surface area contributed by atoms with Crippen LogP contribution in [0.5, 0.6) is 0 Å². The molecule has 116 valence electrons. The predicted octanol–water partition coefficient (Wildman–Crippen LogP) is 2.06. The summed E-state index contributed by atoms with van der Waals surface area (Å²) in [5.74, 6) is 1.56. The average molecular weight is 303 g/mol. The van der Waals surface area contributed by atoms with Gasteiger partial charge in [0, 0.05) is 24.8 Å². The molecular formula is C14H17N5O3. The largest absolute Gasteiger partial charge is 0.465 e. The van der Waals surface area contributed by atoms with E-state index in [2.05, 4.69) is 25.3 Å². The number of amides is 1. The standard InChI is InChI=1S/C14H17N5O3/c1-9(16-14(20)21)13-17-12(18-22-13)10-4-5-15-11(8-10)19-6-2-3-7-19/h4-5,8-9,16H,2-3,6-7H2,1H3,(H,20,21). The molecule has 1 fully saturated rings. The normalized spacial score (nSPS) is 15.8. The number of carbonyl (C=O) groups is 1. The lowest BCUT2D eigenvalue weighted by molar-refractivity contribution is 0.187. The molecule has 2 N–H and O–H groups in total. The second-order valence-corrected chi connectivity index (χ2v) is 5.22. The van der Waals surface area contributed by atoms with Crippen LogP contribution in [0.3, 0.4) is 0 Å². The van der Waals surface area contributed by atoms with E-state index in [0.717, 1.165) is 24.5 Å². The molecule has 1 saturated heterocycles. The first-order valence-corrected chi connectivity index (χ1v) is 7.18. The molecule has 8 nitrogen and oxygen atoms in total. The molecule has 0 spiro atoms. The molecule has 3 rings (SSSR count). The van der Waals surface area contributed by atoms with Crippen molar-refractivity contribution in [2.75, 3.05) is 18.0 Å². The number of hydrogen-bond donors (Lipinski definition) is 2. The number of rotatable bonds is 4. The van der Waals surface area contributed by atoms with Gasteiger partial charge in [0.05, 0.1) is 0 Å². The van der Waals surface area contributed by atoms with Crippen molar-refractivity contribution in [1.82, 2.24) is 20.4 Å². The van der Waals surface area contributed by atoms with Gasteiger partial charge in [-0.05, 0) is 31.9 Å². The third kappa shape index (κ3) is 3.00. The maximum absolute atomic E-state index is 10.6. The van der Waals surface area contributed by atoms with Crippen LogP contribution in [0.25, 0.3) is 11.4 Å². The van der Waals surface area contributed by atoms with Gasteiger partial charge >= 0.3 is 6.09 Å². The van der Waals surface area contributed by atoms with Crippen LogP contribution in [0.2, 0.25) is 0 Å². The van der Waals surface area contributed by atoms with Crippen molar-refractivity contribution in [2.45, 2.75) is 25.8 Å². The Morgan fingerprint density at radius 1 is 1.45 bits per heavy atom. The Bertz CT molecular complexity index is 666. The zero-order valence-corrected chi connectivity index (χ0v) is 12.2. The van der Waals surface area contributed by atoms with Gasteiger partial charge in [0.2, 0.25) is 11.7 Å². The van der Waals surface area contributed by atoms with Gasteiger partial charge in [0.1, 0.15) is 11.9 Å². The molecule has 0 aliphatic carbocycles. The molecule has 3 heterocycles. The number of anilines is 1. The first-order valence-electron chi connectivity index (χ1n) is 7.18. The highest BCUT2D eigenvalue weighted by atomic mass is 16.5. The minimum atomic E-state index is -1.13. The van der Waals surface area contributed by atoms with E-state index < -0.39 is 12.1 Å². The van der Waals surface area contributed by atoms with Crippen LogP contribution in [-0.2, 0) is 0 Å². The van der Waals surface area contributed by atoms with Crippen LogP contribution in [0, 0.1) is 0 Å². The summed E-state index contributed by atoms with van der Waals surface area (Å²) >= 11 is 0. The van der Waals surface area contributed by atoms with Crippen LogP contribution in [0.1, 0.15) is 31.7 Å². The highest BCUT2D eigenvalue weighted by Gasteiger charge is 2.18. The number of aromatic nitrogens is 3. The van der Waals surface area contributed by atoms with E-state index in [-0.39, 0.29) is 5.89 Å². The molecule has 1 atom stereocenters. The maximum Gasteiger partial charge on any atom is 0.405 e. The van der Waals surface area contributed by atoms with Crippen molar-refractivity contribution >= 4 is 11.9 Å². The Morgan fingerprint density at radius 2 is 2.23 bits per heavy atom. The van der Waals surface area contributed by atoms with E-state index in [9.17, 15) is 4.79 Å². The molecule has 22 heavy (non-hydrogen) atoms. The minimum Gasteiger partial charge on any atom is -0.465 e. The van der Waals surface area contributed by atoms with E-state index >= 15 is 0 Å². The van der Waals surface area contributed by atoms with Gasteiger partial charge in [-0.15, -0.1) is 0 Å². The first kappa shape index (κ1) is 14.3. The van der Waals surface area contributed by atoms with Crippen molar-refractivity contribution in [1.29, 1.82) is 0 Å². The van der Waals surface area contributed by atoms with Gasteiger partial charge in [-0.3, -0.25) is 0 Å². The highest BCUT2D eigenvalue weighted by molar-refractivity contribution is 5.65. The number of pyridine rings is 1.